The Balaban J connectivity index is 1.86. The fourth-order valence-corrected chi connectivity index (χ4v) is 2.39. The molecule has 0 heterocycles. The summed E-state index contributed by atoms with van der Waals surface area (Å²) >= 11 is 0. The third-order valence-electron chi connectivity index (χ3n) is 3.63. The second-order valence-electron chi connectivity index (χ2n) is 5.35. The van der Waals surface area contributed by atoms with Gasteiger partial charge in [-0.1, -0.05) is 18.2 Å². The van der Waals surface area contributed by atoms with Crippen LogP contribution in [0, 0.1) is 0 Å². The molecule has 122 valence electrons. The average molecular weight is 315 g/mol. The molecular weight excluding hydrogens is 294 g/mol. The van der Waals surface area contributed by atoms with Crippen molar-refractivity contribution in [3.8, 4) is 17.2 Å². The second-order valence-corrected chi connectivity index (χ2v) is 5.35. The third kappa shape index (κ3) is 4.92. The van der Waals surface area contributed by atoms with Crippen LogP contribution in [0.15, 0.2) is 42.5 Å². The minimum atomic E-state index is 0.0694. The lowest BCUT2D eigenvalue weighted by molar-refractivity contribution is -0.118. The first-order chi connectivity index (χ1) is 11.1. The Morgan fingerprint density at radius 2 is 1.78 bits per heavy atom. The van der Waals surface area contributed by atoms with E-state index in [1.807, 2.05) is 18.2 Å². The first kappa shape index (κ1) is 16.7. The van der Waals surface area contributed by atoms with Crippen LogP contribution in [0.25, 0.3) is 0 Å². The second kappa shape index (κ2) is 8.08. The molecule has 2 rings (SSSR count). The summed E-state index contributed by atoms with van der Waals surface area (Å²) in [7, 11) is 1.50. The van der Waals surface area contributed by atoms with Crippen LogP contribution in [0.5, 0.6) is 17.2 Å². The van der Waals surface area contributed by atoms with Crippen molar-refractivity contribution >= 4 is 6.41 Å². The number of methoxy groups -OCH3 is 1. The van der Waals surface area contributed by atoms with Crippen LogP contribution in [-0.4, -0.2) is 35.2 Å². The van der Waals surface area contributed by atoms with Gasteiger partial charge in [-0.3, -0.25) is 4.79 Å². The van der Waals surface area contributed by atoms with E-state index in [9.17, 15) is 15.0 Å². The van der Waals surface area contributed by atoms with E-state index in [1.54, 1.807) is 29.2 Å². The molecule has 0 saturated heterocycles. The number of phenols is 2. The molecule has 5 nitrogen and oxygen atoms in total. The van der Waals surface area contributed by atoms with Gasteiger partial charge in [-0.15, -0.1) is 0 Å². The van der Waals surface area contributed by atoms with Crippen LogP contribution in [0.4, 0.5) is 0 Å². The monoisotopic (exact) mass is 315 g/mol. The molecule has 0 aliphatic carbocycles. The lowest BCUT2D eigenvalue weighted by atomic mass is 10.1. The highest BCUT2D eigenvalue weighted by Gasteiger charge is 2.07. The zero-order chi connectivity index (χ0) is 16.7. The molecule has 23 heavy (non-hydrogen) atoms. The number of amides is 1. The summed E-state index contributed by atoms with van der Waals surface area (Å²) in [6, 6.07) is 12.2. The molecule has 0 saturated carbocycles. The lowest BCUT2D eigenvalue weighted by Gasteiger charge is -2.18. The van der Waals surface area contributed by atoms with Gasteiger partial charge in [-0.25, -0.2) is 0 Å². The Bertz CT molecular complexity index is 640. The topological polar surface area (TPSA) is 70.0 Å². The molecule has 2 aromatic rings. The molecule has 0 aliphatic rings. The molecule has 0 fully saturated rings. The number of hydrogen-bond donors (Lipinski definition) is 2. The van der Waals surface area contributed by atoms with Gasteiger partial charge in [0.15, 0.2) is 11.5 Å². The fourth-order valence-electron chi connectivity index (χ4n) is 2.39. The zero-order valence-corrected chi connectivity index (χ0v) is 13.1. The lowest BCUT2D eigenvalue weighted by Crippen LogP contribution is -2.23. The minimum absolute atomic E-state index is 0.0694. The molecule has 0 aromatic heterocycles. The SMILES string of the molecule is COc1ccc(CN(C=O)CCCc2ccc(O)cc2)cc1O. The summed E-state index contributed by atoms with van der Waals surface area (Å²) in [4.78, 5) is 12.9. The number of benzene rings is 2. The maximum absolute atomic E-state index is 11.2. The van der Waals surface area contributed by atoms with Crippen LogP contribution < -0.4 is 4.74 Å². The van der Waals surface area contributed by atoms with Crippen molar-refractivity contribution in [3.63, 3.8) is 0 Å². The Kier molecular flexibility index (Phi) is 5.86. The number of carbonyl (C=O) groups excluding carboxylic acids is 1. The van der Waals surface area contributed by atoms with E-state index >= 15 is 0 Å². The van der Waals surface area contributed by atoms with Crippen LogP contribution >= 0.6 is 0 Å². The number of hydrogen-bond acceptors (Lipinski definition) is 4. The number of aromatic hydroxyl groups is 2. The van der Waals surface area contributed by atoms with Crippen molar-refractivity contribution < 1.29 is 19.7 Å². The molecule has 2 N–H and O–H groups in total. The van der Waals surface area contributed by atoms with E-state index in [4.69, 9.17) is 4.74 Å². The van der Waals surface area contributed by atoms with Gasteiger partial charge in [0, 0.05) is 13.1 Å². The van der Waals surface area contributed by atoms with Gasteiger partial charge < -0.3 is 19.8 Å². The average Bonchev–Trinajstić information content (AvgIpc) is 2.56. The van der Waals surface area contributed by atoms with Crippen molar-refractivity contribution in [2.45, 2.75) is 19.4 Å². The quantitative estimate of drug-likeness (QED) is 0.735. The van der Waals surface area contributed by atoms with Gasteiger partial charge >= 0.3 is 0 Å². The molecule has 0 spiro atoms. The Labute approximate surface area is 135 Å². The number of carbonyl (C=O) groups is 1. The molecule has 0 aliphatic heterocycles. The summed E-state index contributed by atoms with van der Waals surface area (Å²) in [5.74, 6) is 0.737. The molecule has 2 aromatic carbocycles. The zero-order valence-electron chi connectivity index (χ0n) is 13.1. The molecule has 0 unspecified atom stereocenters. The van der Waals surface area contributed by atoms with E-state index in [0.29, 0.717) is 18.8 Å². The first-order valence-electron chi connectivity index (χ1n) is 7.45. The molecule has 0 bridgehead atoms. The standard InChI is InChI=1S/C18H21NO4/c1-23-18-9-6-15(11-17(18)22)12-19(13-20)10-2-3-14-4-7-16(21)8-5-14/h4-9,11,13,21-22H,2-3,10,12H2,1H3. The van der Waals surface area contributed by atoms with E-state index in [0.717, 1.165) is 30.4 Å². The summed E-state index contributed by atoms with van der Waals surface area (Å²) in [5.41, 5.74) is 1.97. The maximum Gasteiger partial charge on any atom is 0.210 e. The van der Waals surface area contributed by atoms with Crippen LogP contribution in [0.3, 0.4) is 0 Å². The number of rotatable bonds is 8. The molecule has 5 heteroatoms. The number of nitrogens with zero attached hydrogens (tertiary/aromatic N) is 1. The Morgan fingerprint density at radius 1 is 1.09 bits per heavy atom. The van der Waals surface area contributed by atoms with E-state index in [-0.39, 0.29) is 11.5 Å². The maximum atomic E-state index is 11.2. The van der Waals surface area contributed by atoms with Gasteiger partial charge in [-0.05, 0) is 48.2 Å². The number of ether oxygens (including phenoxy) is 1. The van der Waals surface area contributed by atoms with Gasteiger partial charge in [0.05, 0.1) is 7.11 Å². The predicted molar refractivity (Wildman–Crippen MR) is 87.6 cm³/mol. The van der Waals surface area contributed by atoms with Crippen molar-refractivity contribution in [1.29, 1.82) is 0 Å². The highest BCUT2D eigenvalue weighted by Crippen LogP contribution is 2.26. The van der Waals surface area contributed by atoms with Crippen molar-refractivity contribution in [2.24, 2.45) is 0 Å². The van der Waals surface area contributed by atoms with Crippen molar-refractivity contribution in [1.82, 2.24) is 4.90 Å². The molecule has 0 atom stereocenters. The Hall–Kier alpha value is -2.69. The highest BCUT2D eigenvalue weighted by molar-refractivity contribution is 5.48. The summed E-state index contributed by atoms with van der Waals surface area (Å²) in [5, 5.41) is 19.0. The highest BCUT2D eigenvalue weighted by atomic mass is 16.5. The summed E-state index contributed by atoms with van der Waals surface area (Å²) < 4.78 is 5.00. The third-order valence-corrected chi connectivity index (χ3v) is 3.63. The van der Waals surface area contributed by atoms with Crippen LogP contribution in [-0.2, 0) is 17.8 Å². The number of aryl methyl sites for hydroxylation is 1. The predicted octanol–water partition coefficient (Wildman–Crippen LogP) is 2.70. The van der Waals surface area contributed by atoms with Crippen LogP contribution in [0.1, 0.15) is 17.5 Å². The van der Waals surface area contributed by atoms with Crippen molar-refractivity contribution in [2.75, 3.05) is 13.7 Å². The Morgan fingerprint density at radius 3 is 2.39 bits per heavy atom. The molecule has 0 radical (unpaired) electrons. The first-order valence-corrected chi connectivity index (χ1v) is 7.45. The normalized spacial score (nSPS) is 10.3. The van der Waals surface area contributed by atoms with E-state index in [2.05, 4.69) is 0 Å². The summed E-state index contributed by atoms with van der Waals surface area (Å²) in [6.07, 6.45) is 2.47. The summed E-state index contributed by atoms with van der Waals surface area (Å²) in [6.45, 7) is 1.06. The van der Waals surface area contributed by atoms with Crippen LogP contribution in [0.2, 0.25) is 0 Å². The molecule has 1 amide bonds. The number of phenolic OH excluding ortho intramolecular Hbond substituents is 2. The van der Waals surface area contributed by atoms with Gasteiger partial charge in [-0.2, -0.15) is 0 Å². The van der Waals surface area contributed by atoms with Gasteiger partial charge in [0.2, 0.25) is 6.41 Å². The van der Waals surface area contributed by atoms with Gasteiger partial charge in [0.1, 0.15) is 5.75 Å². The van der Waals surface area contributed by atoms with Gasteiger partial charge in [0.25, 0.3) is 0 Å². The van der Waals surface area contributed by atoms with E-state index in [1.165, 1.54) is 7.11 Å². The molecular formula is C18H21NO4. The van der Waals surface area contributed by atoms with E-state index < -0.39 is 0 Å². The fraction of sp³-hybridized carbons (Fsp3) is 0.278. The minimum Gasteiger partial charge on any atom is -0.508 e. The largest absolute Gasteiger partial charge is 0.508 e. The van der Waals surface area contributed by atoms with Crippen molar-refractivity contribution in [3.05, 3.63) is 53.6 Å². The smallest absolute Gasteiger partial charge is 0.210 e.